The molecule has 4 heteroatoms. The van der Waals surface area contributed by atoms with Crippen molar-refractivity contribution in [2.45, 2.75) is 45.6 Å². The maximum atomic E-state index is 11.6. The maximum absolute atomic E-state index is 11.6. The number of fused-ring (bicyclic) bond motifs is 1. The van der Waals surface area contributed by atoms with E-state index < -0.39 is 0 Å². The summed E-state index contributed by atoms with van der Waals surface area (Å²) < 4.78 is 5.87. The molecular formula is C17H26N2O2. The number of amides is 1. The predicted octanol–water partition coefficient (Wildman–Crippen LogP) is 2.71. The van der Waals surface area contributed by atoms with Crippen molar-refractivity contribution in [3.05, 3.63) is 29.3 Å². The first kappa shape index (κ1) is 15.8. The summed E-state index contributed by atoms with van der Waals surface area (Å²) in [7, 11) is 0. The van der Waals surface area contributed by atoms with Crippen molar-refractivity contribution in [2.75, 3.05) is 19.7 Å². The number of hydrogen-bond acceptors (Lipinski definition) is 3. The average Bonchev–Trinajstić information content (AvgIpc) is 2.69. The lowest BCUT2D eigenvalue weighted by molar-refractivity contribution is -0.121. The summed E-state index contributed by atoms with van der Waals surface area (Å²) in [5.41, 5.74) is 2.41. The molecule has 0 spiro atoms. The first-order valence-corrected chi connectivity index (χ1v) is 7.94. The number of benzene rings is 1. The first-order valence-electron chi connectivity index (χ1n) is 7.94. The molecule has 116 valence electrons. The largest absolute Gasteiger partial charge is 0.493 e. The highest BCUT2D eigenvalue weighted by molar-refractivity contribution is 5.76. The third-order valence-corrected chi connectivity index (χ3v) is 3.82. The van der Waals surface area contributed by atoms with Crippen LogP contribution in [0.15, 0.2) is 18.2 Å². The number of hydrogen-bond donors (Lipinski definition) is 2. The third-order valence-electron chi connectivity index (χ3n) is 3.82. The molecule has 1 aromatic carbocycles. The fraction of sp³-hybridized carbons (Fsp3) is 0.588. The second-order valence-electron chi connectivity index (χ2n) is 5.59. The second kappa shape index (κ2) is 8.03. The molecule has 0 saturated heterocycles. The molecule has 0 saturated carbocycles. The van der Waals surface area contributed by atoms with Gasteiger partial charge < -0.3 is 15.4 Å². The average molecular weight is 290 g/mol. The van der Waals surface area contributed by atoms with Crippen molar-refractivity contribution in [2.24, 2.45) is 0 Å². The topological polar surface area (TPSA) is 50.4 Å². The molecule has 0 bridgehead atoms. The zero-order chi connectivity index (χ0) is 15.1. The van der Waals surface area contributed by atoms with Crippen LogP contribution in [0.4, 0.5) is 0 Å². The van der Waals surface area contributed by atoms with Gasteiger partial charge in [-0.05, 0) is 31.7 Å². The standard InChI is InChI=1S/C17H26N2O2/c1-3-10-19-16(20)9-11-18-15-8-5-12-21-17-13(2)6-4-7-14(15)17/h4,6-7,15,18H,3,5,8-12H2,1-2H3,(H,19,20). The lowest BCUT2D eigenvalue weighted by atomic mass is 10.00. The highest BCUT2D eigenvalue weighted by Gasteiger charge is 2.20. The first-order chi connectivity index (χ1) is 10.2. The Kier molecular flexibility index (Phi) is 6.05. The smallest absolute Gasteiger partial charge is 0.221 e. The van der Waals surface area contributed by atoms with E-state index in [0.29, 0.717) is 13.0 Å². The van der Waals surface area contributed by atoms with Crippen LogP contribution in [0, 0.1) is 6.92 Å². The van der Waals surface area contributed by atoms with Gasteiger partial charge in [0.05, 0.1) is 6.61 Å². The molecule has 1 aliphatic rings. The van der Waals surface area contributed by atoms with Crippen LogP contribution in [0.1, 0.15) is 49.8 Å². The Morgan fingerprint density at radius 1 is 1.38 bits per heavy atom. The Morgan fingerprint density at radius 3 is 3.05 bits per heavy atom. The Morgan fingerprint density at radius 2 is 2.24 bits per heavy atom. The monoisotopic (exact) mass is 290 g/mol. The molecule has 4 nitrogen and oxygen atoms in total. The minimum Gasteiger partial charge on any atom is -0.493 e. The molecule has 1 atom stereocenters. The molecule has 1 aromatic rings. The van der Waals surface area contributed by atoms with E-state index in [1.54, 1.807) is 0 Å². The predicted molar refractivity (Wildman–Crippen MR) is 84.6 cm³/mol. The molecule has 1 heterocycles. The van der Waals surface area contributed by atoms with Crippen LogP contribution in [0.25, 0.3) is 0 Å². The van der Waals surface area contributed by atoms with Gasteiger partial charge in [0.15, 0.2) is 0 Å². The van der Waals surface area contributed by atoms with Crippen LogP contribution >= 0.6 is 0 Å². The number of rotatable bonds is 6. The molecule has 0 aliphatic carbocycles. The van der Waals surface area contributed by atoms with Gasteiger partial charge in [-0.2, -0.15) is 0 Å². The van der Waals surface area contributed by atoms with E-state index in [1.165, 1.54) is 11.1 Å². The number of carbonyl (C=O) groups is 1. The molecular weight excluding hydrogens is 264 g/mol. The number of aryl methyl sites for hydroxylation is 1. The van der Waals surface area contributed by atoms with Crippen molar-refractivity contribution in [3.63, 3.8) is 0 Å². The minimum absolute atomic E-state index is 0.124. The molecule has 0 aromatic heterocycles. The summed E-state index contributed by atoms with van der Waals surface area (Å²) in [6, 6.07) is 6.56. The van der Waals surface area contributed by atoms with E-state index in [1.807, 2.05) is 0 Å². The SMILES string of the molecule is CCCNC(=O)CCNC1CCCOc2c(C)cccc21. The molecule has 2 N–H and O–H groups in total. The molecule has 0 fully saturated rings. The van der Waals surface area contributed by atoms with Gasteiger partial charge in [-0.3, -0.25) is 4.79 Å². The number of para-hydroxylation sites is 1. The quantitative estimate of drug-likeness (QED) is 0.847. The van der Waals surface area contributed by atoms with Crippen molar-refractivity contribution in [1.29, 1.82) is 0 Å². The summed E-state index contributed by atoms with van der Waals surface area (Å²) in [5.74, 6) is 1.14. The molecule has 1 unspecified atom stereocenters. The number of nitrogens with one attached hydrogen (secondary N) is 2. The van der Waals surface area contributed by atoms with Crippen LogP contribution in [0.2, 0.25) is 0 Å². The van der Waals surface area contributed by atoms with Crippen LogP contribution in [0.5, 0.6) is 5.75 Å². The Hall–Kier alpha value is -1.55. The zero-order valence-electron chi connectivity index (χ0n) is 13.1. The van der Waals surface area contributed by atoms with Crippen LogP contribution in [-0.2, 0) is 4.79 Å². The molecule has 2 rings (SSSR count). The van der Waals surface area contributed by atoms with Crippen molar-refractivity contribution in [3.8, 4) is 5.75 Å². The Labute approximate surface area is 127 Å². The van der Waals surface area contributed by atoms with Gasteiger partial charge in [0.1, 0.15) is 5.75 Å². The molecule has 1 aliphatic heterocycles. The van der Waals surface area contributed by atoms with E-state index in [2.05, 4.69) is 42.7 Å². The maximum Gasteiger partial charge on any atom is 0.221 e. The fourth-order valence-corrected chi connectivity index (χ4v) is 2.69. The van der Waals surface area contributed by atoms with E-state index in [-0.39, 0.29) is 11.9 Å². The van der Waals surface area contributed by atoms with Gasteiger partial charge >= 0.3 is 0 Å². The second-order valence-corrected chi connectivity index (χ2v) is 5.59. The summed E-state index contributed by atoms with van der Waals surface area (Å²) in [5, 5.41) is 6.42. The normalized spacial score (nSPS) is 17.5. The fourth-order valence-electron chi connectivity index (χ4n) is 2.69. The molecule has 21 heavy (non-hydrogen) atoms. The number of ether oxygens (including phenoxy) is 1. The van der Waals surface area contributed by atoms with Gasteiger partial charge in [-0.1, -0.05) is 25.1 Å². The van der Waals surface area contributed by atoms with Gasteiger partial charge in [-0.15, -0.1) is 0 Å². The lowest BCUT2D eigenvalue weighted by Crippen LogP contribution is -2.30. The van der Waals surface area contributed by atoms with E-state index in [0.717, 1.165) is 38.2 Å². The van der Waals surface area contributed by atoms with Crippen molar-refractivity contribution in [1.82, 2.24) is 10.6 Å². The van der Waals surface area contributed by atoms with Gasteiger partial charge in [0.2, 0.25) is 5.91 Å². The summed E-state index contributed by atoms with van der Waals surface area (Å²) in [4.78, 5) is 11.6. The van der Waals surface area contributed by atoms with Crippen molar-refractivity contribution < 1.29 is 9.53 Å². The van der Waals surface area contributed by atoms with Gasteiger partial charge in [0.25, 0.3) is 0 Å². The highest BCUT2D eigenvalue weighted by atomic mass is 16.5. The highest BCUT2D eigenvalue weighted by Crippen LogP contribution is 2.33. The van der Waals surface area contributed by atoms with E-state index >= 15 is 0 Å². The summed E-state index contributed by atoms with van der Waals surface area (Å²) >= 11 is 0. The summed E-state index contributed by atoms with van der Waals surface area (Å²) in [6.07, 6.45) is 3.59. The van der Waals surface area contributed by atoms with Crippen LogP contribution in [0.3, 0.4) is 0 Å². The zero-order valence-corrected chi connectivity index (χ0v) is 13.1. The van der Waals surface area contributed by atoms with Crippen LogP contribution in [-0.4, -0.2) is 25.6 Å². The van der Waals surface area contributed by atoms with Crippen LogP contribution < -0.4 is 15.4 Å². The summed E-state index contributed by atoms with van der Waals surface area (Å²) in [6.45, 7) is 6.38. The molecule has 0 radical (unpaired) electrons. The number of carbonyl (C=O) groups excluding carboxylic acids is 1. The third kappa shape index (κ3) is 4.46. The van der Waals surface area contributed by atoms with Gasteiger partial charge in [-0.25, -0.2) is 0 Å². The van der Waals surface area contributed by atoms with E-state index in [9.17, 15) is 4.79 Å². The lowest BCUT2D eigenvalue weighted by Gasteiger charge is -2.19. The minimum atomic E-state index is 0.124. The van der Waals surface area contributed by atoms with Crippen molar-refractivity contribution >= 4 is 5.91 Å². The Balaban J connectivity index is 1.92. The van der Waals surface area contributed by atoms with Gasteiger partial charge in [0, 0.05) is 31.1 Å². The molecule has 1 amide bonds. The Bertz CT molecular complexity index is 474. The van der Waals surface area contributed by atoms with E-state index in [4.69, 9.17) is 4.74 Å².